The van der Waals surface area contributed by atoms with Crippen LogP contribution < -0.4 is 14.8 Å². The Bertz CT molecular complexity index is 1190. The first-order valence-electron chi connectivity index (χ1n) is 9.38. The molecule has 1 N–H and O–H groups in total. The summed E-state index contributed by atoms with van der Waals surface area (Å²) in [6.07, 6.45) is 1.52. The third kappa shape index (κ3) is 3.00. The van der Waals surface area contributed by atoms with Gasteiger partial charge in [0.2, 0.25) is 5.88 Å². The van der Waals surface area contributed by atoms with E-state index in [0.717, 1.165) is 28.8 Å². The van der Waals surface area contributed by atoms with Crippen molar-refractivity contribution in [3.05, 3.63) is 65.9 Å². The van der Waals surface area contributed by atoms with Gasteiger partial charge >= 0.3 is 6.09 Å². The van der Waals surface area contributed by atoms with Crippen LogP contribution in [0.25, 0.3) is 22.3 Å². The molecule has 7 heteroatoms. The van der Waals surface area contributed by atoms with Crippen molar-refractivity contribution < 1.29 is 18.7 Å². The summed E-state index contributed by atoms with van der Waals surface area (Å²) in [5.74, 6) is 0.736. The van der Waals surface area contributed by atoms with Crippen LogP contribution in [0.15, 0.2) is 59.2 Å². The highest BCUT2D eigenvalue weighted by atomic mass is 16.6. The van der Waals surface area contributed by atoms with Crippen LogP contribution in [0.3, 0.4) is 0 Å². The molecule has 0 fully saturated rings. The number of hydrogen-bond acceptors (Lipinski definition) is 5. The number of amides is 1. The molecule has 0 radical (unpaired) electrons. The molecule has 0 bridgehead atoms. The molecule has 1 aromatic carbocycles. The summed E-state index contributed by atoms with van der Waals surface area (Å²) in [5, 5.41) is 2.78. The maximum Gasteiger partial charge on any atom is 0.415 e. The summed E-state index contributed by atoms with van der Waals surface area (Å²) in [4.78, 5) is 16.7. The lowest BCUT2D eigenvalue weighted by Crippen LogP contribution is -2.28. The molecule has 4 aromatic rings. The molecule has 4 heterocycles. The van der Waals surface area contributed by atoms with E-state index in [1.807, 2.05) is 18.2 Å². The van der Waals surface area contributed by atoms with E-state index >= 15 is 0 Å². The van der Waals surface area contributed by atoms with Gasteiger partial charge in [-0.15, -0.1) is 0 Å². The van der Waals surface area contributed by atoms with Crippen LogP contribution in [0.1, 0.15) is 11.1 Å². The number of aromatic nitrogens is 2. The smallest absolute Gasteiger partial charge is 0.415 e. The van der Waals surface area contributed by atoms with Crippen molar-refractivity contribution in [2.24, 2.45) is 0 Å². The van der Waals surface area contributed by atoms with Crippen LogP contribution in [0.2, 0.25) is 0 Å². The second-order valence-electron chi connectivity index (χ2n) is 6.79. The third-order valence-electron chi connectivity index (χ3n) is 5.12. The Hall–Kier alpha value is -3.74. The predicted octanol–water partition coefficient (Wildman–Crippen LogP) is 4.00. The Labute approximate surface area is 166 Å². The number of nitrogens with zero attached hydrogens (tertiary/aromatic N) is 2. The molecule has 0 spiro atoms. The van der Waals surface area contributed by atoms with Gasteiger partial charge in [0.25, 0.3) is 5.95 Å². The molecule has 146 valence electrons. The van der Waals surface area contributed by atoms with Gasteiger partial charge in [0.15, 0.2) is 0 Å². The molecule has 1 amide bonds. The topological polar surface area (TPSA) is 78.5 Å². The Kier molecular flexibility index (Phi) is 4.20. The number of furan rings is 1. The number of ether oxygens (including phenoxy) is 2. The lowest BCUT2D eigenvalue weighted by Gasteiger charge is -2.07. The van der Waals surface area contributed by atoms with E-state index in [2.05, 4.69) is 33.1 Å². The normalized spacial score (nSPS) is 11.9. The molecule has 1 aliphatic rings. The first-order chi connectivity index (χ1) is 14.2. The SMILES string of the molecule is COc1ccc2c(n1)c(CCNC(=O)Oc1ccco1)c1n2Cc2ccccc2-1. The Morgan fingerprint density at radius 1 is 1.21 bits per heavy atom. The number of pyridine rings is 1. The van der Waals surface area contributed by atoms with Gasteiger partial charge in [-0.05, 0) is 24.1 Å². The number of carbonyl (C=O) groups excluding carboxylic acids is 1. The molecule has 3 aromatic heterocycles. The van der Waals surface area contributed by atoms with E-state index in [1.54, 1.807) is 19.2 Å². The minimum atomic E-state index is -0.550. The molecular formula is C22H19N3O4. The fourth-order valence-electron chi connectivity index (χ4n) is 3.89. The average molecular weight is 389 g/mol. The summed E-state index contributed by atoms with van der Waals surface area (Å²) >= 11 is 0. The summed E-state index contributed by atoms with van der Waals surface area (Å²) in [6, 6.07) is 15.5. The molecule has 0 atom stereocenters. The first kappa shape index (κ1) is 17.4. The second kappa shape index (κ2) is 7.01. The largest absolute Gasteiger partial charge is 0.481 e. The Morgan fingerprint density at radius 2 is 2.10 bits per heavy atom. The highest BCUT2D eigenvalue weighted by molar-refractivity contribution is 5.92. The van der Waals surface area contributed by atoms with Crippen LogP contribution in [-0.4, -0.2) is 29.3 Å². The lowest BCUT2D eigenvalue weighted by atomic mass is 10.0. The number of methoxy groups -OCH3 is 1. The number of rotatable bonds is 5. The van der Waals surface area contributed by atoms with E-state index < -0.39 is 6.09 Å². The second-order valence-corrected chi connectivity index (χ2v) is 6.79. The standard InChI is InChI=1S/C22H19N3O4/c1-27-18-9-8-17-20(24-18)16(10-11-23-22(26)29-19-7-4-12-28-19)21-15-6-3-2-5-14(15)13-25(17)21/h2-9,12H,10-11,13H2,1H3,(H,23,26). The fourth-order valence-corrected chi connectivity index (χ4v) is 3.89. The van der Waals surface area contributed by atoms with Crippen molar-refractivity contribution in [2.75, 3.05) is 13.7 Å². The Morgan fingerprint density at radius 3 is 2.93 bits per heavy atom. The van der Waals surface area contributed by atoms with E-state index in [9.17, 15) is 4.79 Å². The molecule has 0 aliphatic carbocycles. The number of carbonyl (C=O) groups is 1. The monoisotopic (exact) mass is 389 g/mol. The van der Waals surface area contributed by atoms with E-state index in [-0.39, 0.29) is 5.95 Å². The van der Waals surface area contributed by atoms with Crippen molar-refractivity contribution in [1.29, 1.82) is 0 Å². The summed E-state index contributed by atoms with van der Waals surface area (Å²) in [5.41, 5.74) is 6.68. The van der Waals surface area contributed by atoms with Gasteiger partial charge < -0.3 is 23.8 Å². The number of benzene rings is 1. The molecule has 0 saturated heterocycles. The molecule has 0 saturated carbocycles. The third-order valence-corrected chi connectivity index (χ3v) is 5.12. The summed E-state index contributed by atoms with van der Waals surface area (Å²) in [6.45, 7) is 1.22. The molecule has 29 heavy (non-hydrogen) atoms. The molecule has 0 unspecified atom stereocenters. The van der Waals surface area contributed by atoms with Crippen LogP contribution in [-0.2, 0) is 13.0 Å². The minimum Gasteiger partial charge on any atom is -0.481 e. The van der Waals surface area contributed by atoms with E-state index in [1.165, 1.54) is 17.4 Å². The van der Waals surface area contributed by atoms with Crippen molar-refractivity contribution >= 4 is 17.1 Å². The van der Waals surface area contributed by atoms with Gasteiger partial charge in [-0.2, -0.15) is 0 Å². The number of fused-ring (bicyclic) bond motifs is 5. The minimum absolute atomic E-state index is 0.165. The van der Waals surface area contributed by atoms with Crippen molar-refractivity contribution in [1.82, 2.24) is 14.9 Å². The molecule has 5 rings (SSSR count). The fraction of sp³-hybridized carbons (Fsp3) is 0.182. The van der Waals surface area contributed by atoms with Crippen LogP contribution in [0, 0.1) is 0 Å². The van der Waals surface area contributed by atoms with Gasteiger partial charge in [0.1, 0.15) is 0 Å². The van der Waals surface area contributed by atoms with Gasteiger partial charge in [-0.25, -0.2) is 9.78 Å². The molecule has 1 aliphatic heterocycles. The van der Waals surface area contributed by atoms with Crippen LogP contribution >= 0.6 is 0 Å². The zero-order chi connectivity index (χ0) is 19.8. The first-order valence-corrected chi connectivity index (χ1v) is 9.38. The summed E-state index contributed by atoms with van der Waals surface area (Å²) < 4.78 is 17.7. The lowest BCUT2D eigenvalue weighted by molar-refractivity contribution is 0.187. The molecule has 7 nitrogen and oxygen atoms in total. The van der Waals surface area contributed by atoms with Crippen molar-refractivity contribution in [3.8, 4) is 23.1 Å². The van der Waals surface area contributed by atoms with Gasteiger partial charge in [0.05, 0.1) is 30.1 Å². The predicted molar refractivity (Wildman–Crippen MR) is 107 cm³/mol. The van der Waals surface area contributed by atoms with E-state index in [0.29, 0.717) is 18.8 Å². The highest BCUT2D eigenvalue weighted by Gasteiger charge is 2.26. The highest BCUT2D eigenvalue weighted by Crippen LogP contribution is 2.41. The van der Waals surface area contributed by atoms with Gasteiger partial charge in [-0.1, -0.05) is 24.3 Å². The number of nitrogens with one attached hydrogen (secondary N) is 1. The molecular weight excluding hydrogens is 370 g/mol. The zero-order valence-corrected chi connectivity index (χ0v) is 15.8. The summed E-state index contributed by atoms with van der Waals surface area (Å²) in [7, 11) is 1.61. The average Bonchev–Trinajstić information content (AvgIpc) is 3.44. The maximum atomic E-state index is 12.0. The maximum absolute atomic E-state index is 12.0. The van der Waals surface area contributed by atoms with Crippen molar-refractivity contribution in [3.63, 3.8) is 0 Å². The van der Waals surface area contributed by atoms with Crippen molar-refractivity contribution in [2.45, 2.75) is 13.0 Å². The Balaban J connectivity index is 1.45. The van der Waals surface area contributed by atoms with Crippen LogP contribution in [0.4, 0.5) is 4.79 Å². The quantitative estimate of drug-likeness (QED) is 0.492. The van der Waals surface area contributed by atoms with Gasteiger partial charge in [-0.3, -0.25) is 0 Å². The van der Waals surface area contributed by atoms with Gasteiger partial charge in [0, 0.05) is 36.3 Å². The van der Waals surface area contributed by atoms with Crippen LogP contribution in [0.5, 0.6) is 11.8 Å². The number of hydrogen-bond donors (Lipinski definition) is 1. The zero-order valence-electron chi connectivity index (χ0n) is 15.8. The van der Waals surface area contributed by atoms with E-state index in [4.69, 9.17) is 13.9 Å².